The molecule has 0 unspecified atom stereocenters. The van der Waals surface area contributed by atoms with Crippen molar-refractivity contribution in [3.63, 3.8) is 0 Å². The van der Waals surface area contributed by atoms with Crippen molar-refractivity contribution in [2.45, 2.75) is 13.8 Å². The van der Waals surface area contributed by atoms with E-state index in [9.17, 15) is 4.79 Å². The molecule has 3 aromatic heterocycles. The predicted octanol–water partition coefficient (Wildman–Crippen LogP) is 5.26. The molecule has 0 radical (unpaired) electrons. The fourth-order valence-electron chi connectivity index (χ4n) is 2.01. The van der Waals surface area contributed by atoms with Crippen LogP contribution in [0.3, 0.4) is 0 Å². The van der Waals surface area contributed by atoms with Crippen molar-refractivity contribution in [2.24, 2.45) is 0 Å². The van der Waals surface area contributed by atoms with Crippen molar-refractivity contribution >= 4 is 39.9 Å². The Labute approximate surface area is 136 Å². The second-order valence-corrected chi connectivity index (χ2v) is 8.05. The Bertz CT molecular complexity index is 766. The molecular weight excluding hydrogens is 318 g/mol. The molecule has 0 saturated carbocycles. The molecule has 2 nitrogen and oxygen atoms in total. The van der Waals surface area contributed by atoms with Gasteiger partial charge in [0.25, 0.3) is 5.91 Å². The quantitative estimate of drug-likeness (QED) is 0.693. The lowest BCUT2D eigenvalue weighted by atomic mass is 10.3. The van der Waals surface area contributed by atoms with Crippen molar-refractivity contribution in [3.8, 4) is 19.5 Å². The fraction of sp³-hybridized carbons (Fsp3) is 0.188. The van der Waals surface area contributed by atoms with Crippen LogP contribution in [0, 0.1) is 6.92 Å². The number of thiophene rings is 3. The van der Waals surface area contributed by atoms with Gasteiger partial charge in [-0.15, -0.1) is 34.0 Å². The summed E-state index contributed by atoms with van der Waals surface area (Å²) in [6.07, 6.45) is 0. The van der Waals surface area contributed by atoms with Crippen molar-refractivity contribution in [2.75, 3.05) is 6.54 Å². The summed E-state index contributed by atoms with van der Waals surface area (Å²) in [6.45, 7) is 4.72. The van der Waals surface area contributed by atoms with Gasteiger partial charge < -0.3 is 5.32 Å². The monoisotopic (exact) mass is 333 g/mol. The summed E-state index contributed by atoms with van der Waals surface area (Å²) < 4.78 is 0. The normalized spacial score (nSPS) is 10.8. The lowest BCUT2D eigenvalue weighted by Crippen LogP contribution is -2.21. The highest BCUT2D eigenvalue weighted by Gasteiger charge is 2.12. The van der Waals surface area contributed by atoms with E-state index in [1.165, 1.54) is 19.5 Å². The molecule has 1 amide bonds. The van der Waals surface area contributed by atoms with Gasteiger partial charge in [-0.1, -0.05) is 0 Å². The van der Waals surface area contributed by atoms with E-state index in [0.717, 1.165) is 9.75 Å². The third-order valence-corrected chi connectivity index (χ3v) is 6.56. The molecule has 5 heteroatoms. The van der Waals surface area contributed by atoms with Crippen molar-refractivity contribution in [1.29, 1.82) is 0 Å². The van der Waals surface area contributed by atoms with E-state index < -0.39 is 0 Å². The smallest absolute Gasteiger partial charge is 0.261 e. The largest absolute Gasteiger partial charge is 0.352 e. The maximum Gasteiger partial charge on any atom is 0.261 e. The highest BCUT2D eigenvalue weighted by atomic mass is 32.1. The van der Waals surface area contributed by atoms with E-state index in [2.05, 4.69) is 36.5 Å². The van der Waals surface area contributed by atoms with E-state index in [-0.39, 0.29) is 5.91 Å². The van der Waals surface area contributed by atoms with E-state index in [1.807, 2.05) is 30.4 Å². The van der Waals surface area contributed by atoms with Crippen LogP contribution in [0.25, 0.3) is 19.5 Å². The summed E-state index contributed by atoms with van der Waals surface area (Å²) in [5.41, 5.74) is 0. The van der Waals surface area contributed by atoms with Gasteiger partial charge in [0.15, 0.2) is 0 Å². The number of rotatable bonds is 4. The van der Waals surface area contributed by atoms with Crippen LogP contribution < -0.4 is 5.32 Å². The second kappa shape index (κ2) is 6.13. The molecule has 0 saturated heterocycles. The van der Waals surface area contributed by atoms with Gasteiger partial charge in [0.1, 0.15) is 0 Å². The van der Waals surface area contributed by atoms with Gasteiger partial charge >= 0.3 is 0 Å². The third-order valence-electron chi connectivity index (χ3n) is 3.00. The van der Waals surface area contributed by atoms with Gasteiger partial charge in [0.05, 0.1) is 4.88 Å². The zero-order valence-corrected chi connectivity index (χ0v) is 14.3. The first-order chi connectivity index (χ1) is 10.2. The van der Waals surface area contributed by atoms with Crippen molar-refractivity contribution in [1.82, 2.24) is 5.32 Å². The van der Waals surface area contributed by atoms with Crippen LogP contribution in [-0.4, -0.2) is 12.5 Å². The Morgan fingerprint density at radius 3 is 2.10 bits per heavy atom. The topological polar surface area (TPSA) is 29.1 Å². The molecule has 0 aromatic carbocycles. The summed E-state index contributed by atoms with van der Waals surface area (Å²) in [5.74, 6) is 0.0133. The number of hydrogen-bond acceptors (Lipinski definition) is 4. The average Bonchev–Trinajstić information content (AvgIpc) is 3.18. The second-order valence-electron chi connectivity index (χ2n) is 4.60. The summed E-state index contributed by atoms with van der Waals surface area (Å²) in [5, 5.41) is 2.84. The van der Waals surface area contributed by atoms with Crippen LogP contribution in [-0.2, 0) is 0 Å². The fourth-order valence-corrected chi connectivity index (χ4v) is 4.99. The zero-order valence-electron chi connectivity index (χ0n) is 11.8. The molecule has 21 heavy (non-hydrogen) atoms. The predicted molar refractivity (Wildman–Crippen MR) is 93.7 cm³/mol. The number of amides is 1. The zero-order chi connectivity index (χ0) is 14.8. The van der Waals surface area contributed by atoms with Crippen LogP contribution in [0.2, 0.25) is 0 Å². The highest BCUT2D eigenvalue weighted by Crippen LogP contribution is 2.39. The van der Waals surface area contributed by atoms with E-state index >= 15 is 0 Å². The summed E-state index contributed by atoms with van der Waals surface area (Å²) in [4.78, 5) is 18.9. The summed E-state index contributed by atoms with van der Waals surface area (Å²) in [7, 11) is 0. The molecule has 3 rings (SSSR count). The Morgan fingerprint density at radius 2 is 1.48 bits per heavy atom. The molecule has 0 aliphatic carbocycles. The Balaban J connectivity index is 1.85. The van der Waals surface area contributed by atoms with Gasteiger partial charge in [-0.05, 0) is 50.2 Å². The minimum atomic E-state index is 0.0133. The Kier molecular flexibility index (Phi) is 4.24. The minimum Gasteiger partial charge on any atom is -0.352 e. The molecule has 1 N–H and O–H groups in total. The molecule has 0 fully saturated rings. The van der Waals surface area contributed by atoms with Gasteiger partial charge in [-0.25, -0.2) is 0 Å². The molecular formula is C16H15NOS3. The molecule has 3 aromatic rings. The number of aryl methyl sites for hydroxylation is 1. The van der Waals surface area contributed by atoms with E-state index in [4.69, 9.17) is 0 Å². The van der Waals surface area contributed by atoms with Gasteiger partial charge in [0, 0.05) is 30.9 Å². The molecule has 0 aliphatic rings. The Hall–Kier alpha value is -1.43. The molecule has 3 heterocycles. The van der Waals surface area contributed by atoms with Crippen LogP contribution in [0.5, 0.6) is 0 Å². The summed E-state index contributed by atoms with van der Waals surface area (Å²) >= 11 is 5.15. The number of hydrogen-bond donors (Lipinski definition) is 1. The van der Waals surface area contributed by atoms with Gasteiger partial charge in [-0.3, -0.25) is 4.79 Å². The lowest BCUT2D eigenvalue weighted by Gasteiger charge is -1.96. The maximum atomic E-state index is 11.8. The van der Waals surface area contributed by atoms with E-state index in [1.54, 1.807) is 22.7 Å². The lowest BCUT2D eigenvalue weighted by molar-refractivity contribution is 0.0960. The van der Waals surface area contributed by atoms with Gasteiger partial charge in [-0.2, -0.15) is 0 Å². The van der Waals surface area contributed by atoms with Crippen LogP contribution >= 0.6 is 34.0 Å². The first-order valence-corrected chi connectivity index (χ1v) is 9.17. The van der Waals surface area contributed by atoms with Crippen molar-refractivity contribution < 1.29 is 4.79 Å². The SMILES string of the molecule is CCNC(=O)c1ccc(-c2ccc(-c3ccc(C)s3)s2)s1. The molecule has 0 spiro atoms. The van der Waals surface area contributed by atoms with Crippen LogP contribution in [0.15, 0.2) is 36.4 Å². The standard InChI is InChI=1S/C16H15NOS3/c1-3-17-16(18)15-9-8-14(21-15)13-7-6-12(20-13)11-5-4-10(2)19-11/h4-9H,3H2,1-2H3,(H,17,18). The number of carbonyl (C=O) groups is 1. The maximum absolute atomic E-state index is 11.8. The molecule has 0 atom stereocenters. The molecule has 108 valence electrons. The highest BCUT2D eigenvalue weighted by molar-refractivity contribution is 7.26. The summed E-state index contributed by atoms with van der Waals surface area (Å²) in [6, 6.07) is 12.6. The Morgan fingerprint density at radius 1 is 0.905 bits per heavy atom. The first-order valence-electron chi connectivity index (χ1n) is 6.72. The van der Waals surface area contributed by atoms with Crippen LogP contribution in [0.1, 0.15) is 21.5 Å². The van der Waals surface area contributed by atoms with E-state index in [0.29, 0.717) is 6.54 Å². The first kappa shape index (κ1) is 14.5. The molecule has 0 bridgehead atoms. The minimum absolute atomic E-state index is 0.0133. The third kappa shape index (κ3) is 3.10. The number of carbonyl (C=O) groups excluding carboxylic acids is 1. The van der Waals surface area contributed by atoms with Crippen molar-refractivity contribution in [3.05, 3.63) is 46.2 Å². The van der Waals surface area contributed by atoms with Gasteiger partial charge in [0.2, 0.25) is 0 Å². The van der Waals surface area contributed by atoms with Crippen LogP contribution in [0.4, 0.5) is 0 Å². The number of nitrogens with one attached hydrogen (secondary N) is 1. The molecule has 0 aliphatic heterocycles. The average molecular weight is 334 g/mol.